The Balaban J connectivity index is 1.53. The second-order valence-electron chi connectivity index (χ2n) is 8.20. The van der Waals surface area contributed by atoms with Crippen LogP contribution in [0.2, 0.25) is 0 Å². The van der Waals surface area contributed by atoms with Gasteiger partial charge in [-0.1, -0.05) is 26.0 Å². The third-order valence-electron chi connectivity index (χ3n) is 4.98. The van der Waals surface area contributed by atoms with Crippen molar-refractivity contribution in [1.82, 2.24) is 4.98 Å². The van der Waals surface area contributed by atoms with Crippen LogP contribution >= 0.6 is 0 Å². The zero-order chi connectivity index (χ0) is 22.0. The van der Waals surface area contributed by atoms with Crippen LogP contribution in [0.5, 0.6) is 5.75 Å². The van der Waals surface area contributed by atoms with Crippen LogP contribution < -0.4 is 10.1 Å². The molecule has 0 atom stereocenters. The number of nitrogens with one attached hydrogen (secondary N) is 1. The number of carbonyl (C=O) groups excluding carboxylic acids is 1. The van der Waals surface area contributed by atoms with E-state index in [0.29, 0.717) is 24.0 Å². The first-order chi connectivity index (χ1) is 14.9. The van der Waals surface area contributed by atoms with Gasteiger partial charge in [-0.05, 0) is 79.4 Å². The fourth-order valence-electron chi connectivity index (χ4n) is 3.20. The SMILES string of the molecule is Cc1ccc2nc(-c3ccc(C)c(NC(=O)c4ccc(OCC(C)C)cc4)c3)oc2c1. The second-order valence-corrected chi connectivity index (χ2v) is 8.20. The van der Waals surface area contributed by atoms with Crippen molar-refractivity contribution in [2.24, 2.45) is 5.92 Å². The number of hydrogen-bond acceptors (Lipinski definition) is 4. The third-order valence-corrected chi connectivity index (χ3v) is 4.98. The van der Waals surface area contributed by atoms with Gasteiger partial charge in [-0.2, -0.15) is 0 Å². The number of anilines is 1. The van der Waals surface area contributed by atoms with Crippen LogP contribution in [0.25, 0.3) is 22.6 Å². The molecule has 5 nitrogen and oxygen atoms in total. The Morgan fingerprint density at radius 1 is 1.03 bits per heavy atom. The Labute approximate surface area is 182 Å². The summed E-state index contributed by atoms with van der Waals surface area (Å²) in [6, 6.07) is 18.9. The van der Waals surface area contributed by atoms with E-state index in [1.807, 2.05) is 62.4 Å². The molecule has 0 spiro atoms. The van der Waals surface area contributed by atoms with Crippen molar-refractivity contribution in [3.63, 3.8) is 0 Å². The van der Waals surface area contributed by atoms with Gasteiger partial charge in [-0.25, -0.2) is 4.98 Å². The molecule has 5 heteroatoms. The van der Waals surface area contributed by atoms with Crippen LogP contribution in [0.3, 0.4) is 0 Å². The largest absolute Gasteiger partial charge is 0.493 e. The summed E-state index contributed by atoms with van der Waals surface area (Å²) in [6.07, 6.45) is 0. The second kappa shape index (κ2) is 8.64. The zero-order valence-electron chi connectivity index (χ0n) is 18.2. The minimum Gasteiger partial charge on any atom is -0.493 e. The number of hydrogen-bond donors (Lipinski definition) is 1. The molecule has 31 heavy (non-hydrogen) atoms. The van der Waals surface area contributed by atoms with E-state index in [9.17, 15) is 4.79 Å². The molecule has 0 fully saturated rings. The average Bonchev–Trinajstić information content (AvgIpc) is 3.17. The number of oxazole rings is 1. The smallest absolute Gasteiger partial charge is 0.255 e. The maximum Gasteiger partial charge on any atom is 0.255 e. The lowest BCUT2D eigenvalue weighted by atomic mass is 10.1. The van der Waals surface area contributed by atoms with Crippen molar-refractivity contribution in [2.75, 3.05) is 11.9 Å². The normalized spacial score (nSPS) is 11.1. The predicted octanol–water partition coefficient (Wildman–Crippen LogP) is 6.40. The van der Waals surface area contributed by atoms with Gasteiger partial charge in [0, 0.05) is 16.8 Å². The van der Waals surface area contributed by atoms with E-state index in [1.54, 1.807) is 12.1 Å². The number of amides is 1. The molecule has 0 saturated carbocycles. The fraction of sp³-hybridized carbons (Fsp3) is 0.231. The van der Waals surface area contributed by atoms with Gasteiger partial charge in [0.25, 0.3) is 5.91 Å². The summed E-state index contributed by atoms with van der Waals surface area (Å²) < 4.78 is 11.6. The van der Waals surface area contributed by atoms with Crippen molar-refractivity contribution < 1.29 is 13.9 Å². The Bertz CT molecular complexity index is 1220. The van der Waals surface area contributed by atoms with E-state index in [1.165, 1.54) is 0 Å². The van der Waals surface area contributed by atoms with Gasteiger partial charge in [0.2, 0.25) is 5.89 Å². The summed E-state index contributed by atoms with van der Waals surface area (Å²) in [5.41, 5.74) is 5.74. The molecule has 1 heterocycles. The lowest BCUT2D eigenvalue weighted by Crippen LogP contribution is -2.13. The molecular formula is C26H26N2O3. The number of rotatable bonds is 6. The highest BCUT2D eigenvalue weighted by molar-refractivity contribution is 6.05. The summed E-state index contributed by atoms with van der Waals surface area (Å²) in [4.78, 5) is 17.4. The predicted molar refractivity (Wildman–Crippen MR) is 124 cm³/mol. The first-order valence-electron chi connectivity index (χ1n) is 10.4. The molecule has 1 aromatic heterocycles. The Hall–Kier alpha value is -3.60. The molecule has 0 radical (unpaired) electrons. The summed E-state index contributed by atoms with van der Waals surface area (Å²) >= 11 is 0. The van der Waals surface area contributed by atoms with Crippen LogP contribution in [0.1, 0.15) is 35.3 Å². The van der Waals surface area contributed by atoms with E-state index in [0.717, 1.165) is 39.2 Å². The summed E-state index contributed by atoms with van der Waals surface area (Å²) in [5.74, 6) is 1.56. The van der Waals surface area contributed by atoms with E-state index in [2.05, 4.69) is 24.1 Å². The number of fused-ring (bicyclic) bond motifs is 1. The number of aryl methyl sites for hydroxylation is 2. The van der Waals surface area contributed by atoms with E-state index in [4.69, 9.17) is 9.15 Å². The fourth-order valence-corrected chi connectivity index (χ4v) is 3.20. The summed E-state index contributed by atoms with van der Waals surface area (Å²) in [7, 11) is 0. The summed E-state index contributed by atoms with van der Waals surface area (Å²) in [5, 5.41) is 3.00. The van der Waals surface area contributed by atoms with Gasteiger partial charge in [-0.3, -0.25) is 4.79 Å². The lowest BCUT2D eigenvalue weighted by Gasteiger charge is -2.11. The number of aromatic nitrogens is 1. The lowest BCUT2D eigenvalue weighted by molar-refractivity contribution is 0.102. The number of carbonyl (C=O) groups is 1. The molecule has 0 unspecified atom stereocenters. The topological polar surface area (TPSA) is 64.4 Å². The van der Waals surface area contributed by atoms with Crippen molar-refractivity contribution in [1.29, 1.82) is 0 Å². The number of nitrogens with zero attached hydrogens (tertiary/aromatic N) is 1. The quantitative estimate of drug-likeness (QED) is 0.396. The van der Waals surface area contributed by atoms with Crippen molar-refractivity contribution in [3.8, 4) is 17.2 Å². The average molecular weight is 415 g/mol. The molecule has 0 aliphatic heterocycles. The monoisotopic (exact) mass is 414 g/mol. The van der Waals surface area contributed by atoms with Crippen molar-refractivity contribution in [2.45, 2.75) is 27.7 Å². The molecular weight excluding hydrogens is 388 g/mol. The molecule has 3 aromatic carbocycles. The van der Waals surface area contributed by atoms with Gasteiger partial charge in [0.1, 0.15) is 11.3 Å². The highest BCUT2D eigenvalue weighted by Gasteiger charge is 2.13. The van der Waals surface area contributed by atoms with E-state index >= 15 is 0 Å². The summed E-state index contributed by atoms with van der Waals surface area (Å²) in [6.45, 7) is 8.81. The Morgan fingerprint density at radius 2 is 1.81 bits per heavy atom. The van der Waals surface area contributed by atoms with Gasteiger partial charge in [0.15, 0.2) is 5.58 Å². The highest BCUT2D eigenvalue weighted by Crippen LogP contribution is 2.28. The first kappa shape index (κ1) is 20.7. The Kier molecular flexibility index (Phi) is 5.76. The van der Waals surface area contributed by atoms with Crippen LogP contribution in [0.4, 0.5) is 5.69 Å². The van der Waals surface area contributed by atoms with Crippen LogP contribution in [-0.2, 0) is 0 Å². The molecule has 0 bridgehead atoms. The highest BCUT2D eigenvalue weighted by atomic mass is 16.5. The van der Waals surface area contributed by atoms with Crippen LogP contribution in [-0.4, -0.2) is 17.5 Å². The first-order valence-corrected chi connectivity index (χ1v) is 10.4. The minimum atomic E-state index is -0.177. The van der Waals surface area contributed by atoms with E-state index < -0.39 is 0 Å². The zero-order valence-corrected chi connectivity index (χ0v) is 18.2. The molecule has 0 saturated heterocycles. The number of ether oxygens (including phenoxy) is 1. The van der Waals surface area contributed by atoms with Gasteiger partial charge in [-0.15, -0.1) is 0 Å². The standard InChI is InChI=1S/C26H26N2O3/c1-16(2)15-30-21-10-8-19(9-11-21)25(29)27-23-14-20(7-6-18(23)4)26-28-22-12-5-17(3)13-24(22)31-26/h5-14,16H,15H2,1-4H3,(H,27,29). The molecule has 0 aliphatic carbocycles. The minimum absolute atomic E-state index is 0.177. The van der Waals surface area contributed by atoms with Gasteiger partial charge in [0.05, 0.1) is 6.61 Å². The molecule has 4 rings (SSSR count). The molecule has 4 aromatic rings. The van der Waals surface area contributed by atoms with Crippen molar-refractivity contribution in [3.05, 3.63) is 77.4 Å². The number of benzene rings is 3. The maximum atomic E-state index is 12.8. The van der Waals surface area contributed by atoms with E-state index in [-0.39, 0.29) is 5.91 Å². The molecule has 0 aliphatic rings. The van der Waals surface area contributed by atoms with Gasteiger partial charge >= 0.3 is 0 Å². The van der Waals surface area contributed by atoms with Crippen molar-refractivity contribution >= 4 is 22.7 Å². The maximum absolute atomic E-state index is 12.8. The molecule has 1 N–H and O–H groups in total. The third kappa shape index (κ3) is 4.77. The van der Waals surface area contributed by atoms with Crippen LogP contribution in [0, 0.1) is 19.8 Å². The molecule has 158 valence electrons. The Morgan fingerprint density at radius 3 is 2.55 bits per heavy atom. The van der Waals surface area contributed by atoms with Gasteiger partial charge < -0.3 is 14.5 Å². The molecule has 1 amide bonds. The van der Waals surface area contributed by atoms with Crippen LogP contribution in [0.15, 0.2) is 65.1 Å².